The van der Waals surface area contributed by atoms with Crippen molar-refractivity contribution < 1.29 is 36.8 Å². The molecule has 108 valence electrons. The first-order valence-corrected chi connectivity index (χ1v) is 6.35. The average molecular weight is 520 g/mol. The normalized spacial score (nSPS) is 16.2. The first kappa shape index (κ1) is 16.7. The number of nitrogens with one attached hydrogen (secondary N) is 1. The quantitative estimate of drug-likeness (QED) is 0.331. The molecule has 0 aromatic heterocycles. The molecule has 1 aliphatic rings. The Balaban J connectivity index is 0.00000200. The number of urea groups is 1. The Morgan fingerprint density at radius 2 is 2.10 bits per heavy atom. The van der Waals surface area contributed by atoms with Gasteiger partial charge < -0.3 is 0 Å². The Kier molecular flexibility index (Phi) is 5.74. The van der Waals surface area contributed by atoms with Crippen LogP contribution < -0.4 is 16.0 Å². The van der Waals surface area contributed by atoms with E-state index >= 15 is 0 Å². The molecule has 0 bridgehead atoms. The van der Waals surface area contributed by atoms with Crippen LogP contribution in [0.1, 0.15) is 0 Å². The van der Waals surface area contributed by atoms with Crippen molar-refractivity contribution in [2.24, 2.45) is 5.73 Å². The molecule has 0 spiro atoms. The van der Waals surface area contributed by atoms with Gasteiger partial charge in [-0.1, -0.05) is 0 Å². The number of Topliss-reactive ketones (excluding diaryl/α,β-unsaturated/α-hetero) is 1. The molecule has 0 unspecified atom stereocenters. The summed E-state index contributed by atoms with van der Waals surface area (Å²) in [4.78, 5) is 37.1. The van der Waals surface area contributed by atoms with Gasteiger partial charge in [0.25, 0.3) is 0 Å². The van der Waals surface area contributed by atoms with E-state index in [1.54, 1.807) is 24.3 Å². The van der Waals surface area contributed by atoms with Crippen LogP contribution in [0.2, 0.25) is 0 Å². The third-order valence-corrected chi connectivity index (χ3v) is 3.12. The second-order valence-corrected chi connectivity index (χ2v) is 4.38. The summed E-state index contributed by atoms with van der Waals surface area (Å²) in [5.41, 5.74) is 6.15. The zero-order valence-corrected chi connectivity index (χ0v) is 13.9. The molecule has 1 fully saturated rings. The number of carbonyl (C=O) groups is 3. The fraction of sp³-hybridized carbons (Fsp3) is 0.0833. The second kappa shape index (κ2) is 6.88. The summed E-state index contributed by atoms with van der Waals surface area (Å²) in [6.07, 6.45) is 0. The summed E-state index contributed by atoms with van der Waals surface area (Å²) in [5, 5.41) is 2.42. The number of benzene rings is 1. The van der Waals surface area contributed by atoms with Crippen molar-refractivity contribution in [1.82, 2.24) is 0 Å². The average Bonchev–Trinajstić information content (AvgIpc) is 2.64. The first-order chi connectivity index (χ1) is 9.02. The smallest absolute Gasteiger partial charge is 0 e. The van der Waals surface area contributed by atoms with E-state index in [1.165, 1.54) is 9.87 Å². The molecule has 1 aromatic rings. The van der Waals surface area contributed by atoms with Crippen LogP contribution in [0.25, 0.3) is 0 Å². The van der Waals surface area contributed by atoms with Gasteiger partial charge in [0, 0.05) is 22.4 Å². The van der Waals surface area contributed by atoms with E-state index < -0.39 is 6.03 Å². The van der Waals surface area contributed by atoms with Gasteiger partial charge in [0.15, 0.2) is 0 Å². The van der Waals surface area contributed by atoms with Crippen LogP contribution in [0.15, 0.2) is 34.8 Å². The molecular weight excluding hydrogens is 510 g/mol. The van der Waals surface area contributed by atoms with Gasteiger partial charge in [-0.05, 0) is 0 Å². The van der Waals surface area contributed by atoms with E-state index in [9.17, 15) is 14.4 Å². The Morgan fingerprint density at radius 1 is 1.40 bits per heavy atom. The molecule has 1 heterocycles. The van der Waals surface area contributed by atoms with Crippen LogP contribution in [0, 0.1) is 0 Å². The third kappa shape index (κ3) is 3.39. The van der Waals surface area contributed by atoms with Crippen LogP contribution in [0.3, 0.4) is 0 Å². The van der Waals surface area contributed by atoms with E-state index in [-0.39, 0.29) is 46.2 Å². The fourth-order valence-electron chi connectivity index (χ4n) is 1.78. The van der Waals surface area contributed by atoms with Crippen molar-refractivity contribution in [3.8, 4) is 0 Å². The van der Waals surface area contributed by atoms with Gasteiger partial charge in [0.1, 0.15) is 0 Å². The maximum Gasteiger partial charge on any atom is 0 e. The Hall–Kier alpha value is -1.37. The maximum atomic E-state index is 12.0. The zero-order chi connectivity index (χ0) is 14.0. The maximum absolute atomic E-state index is 12.0. The second-order valence-electron chi connectivity index (χ2n) is 3.89. The summed E-state index contributed by atoms with van der Waals surface area (Å²) >= 11 is 2.55. The molecule has 0 atom stereocenters. The zero-order valence-electron chi connectivity index (χ0n) is 10.1. The minimum atomic E-state index is -0.690. The molecular formula is C12H10AuN3O3Se. The molecule has 1 aliphatic heterocycles. The number of hydrogen-bond donors (Lipinski definition) is 2. The minimum absolute atomic E-state index is 0. The summed E-state index contributed by atoms with van der Waals surface area (Å²) in [6.45, 7) is -0.00757. The van der Waals surface area contributed by atoms with Gasteiger partial charge in [-0.25, -0.2) is 0 Å². The molecule has 1 saturated heterocycles. The number of nitrogens with two attached hydrogens (primary N) is 1. The van der Waals surface area contributed by atoms with Crippen molar-refractivity contribution in [2.45, 2.75) is 0 Å². The van der Waals surface area contributed by atoms with Crippen LogP contribution in [-0.4, -0.2) is 40.3 Å². The Morgan fingerprint density at radius 3 is 2.65 bits per heavy atom. The SMILES string of the molecule is NC(=O)Nc1cccc(N2CC(=O)/C(=C/[Se])C2=O)c1.[Au]. The van der Waals surface area contributed by atoms with E-state index in [0.717, 1.165) is 0 Å². The van der Waals surface area contributed by atoms with Crippen LogP contribution in [-0.2, 0) is 32.0 Å². The summed E-state index contributed by atoms with van der Waals surface area (Å²) in [6, 6.07) is 5.88. The van der Waals surface area contributed by atoms with Crippen LogP contribution >= 0.6 is 0 Å². The number of hydrogen-bond acceptors (Lipinski definition) is 3. The molecule has 8 heteroatoms. The molecule has 3 amide bonds. The van der Waals surface area contributed by atoms with E-state index in [2.05, 4.69) is 21.3 Å². The van der Waals surface area contributed by atoms with E-state index in [4.69, 9.17) is 5.73 Å². The summed E-state index contributed by atoms with van der Waals surface area (Å²) in [5.74, 6) is -0.600. The predicted octanol–water partition coefficient (Wildman–Crippen LogP) is 0.143. The molecule has 0 saturated carbocycles. The van der Waals surface area contributed by atoms with Gasteiger partial charge in [0.2, 0.25) is 0 Å². The third-order valence-electron chi connectivity index (χ3n) is 2.62. The largest absolute Gasteiger partial charge is 0 e. The van der Waals surface area contributed by atoms with Gasteiger partial charge >= 0.3 is 117 Å². The van der Waals surface area contributed by atoms with Crippen molar-refractivity contribution in [3.63, 3.8) is 0 Å². The number of carbonyl (C=O) groups excluding carboxylic acids is 3. The molecule has 2 radical (unpaired) electrons. The van der Waals surface area contributed by atoms with Crippen molar-refractivity contribution in [3.05, 3.63) is 34.8 Å². The Labute approximate surface area is 139 Å². The van der Waals surface area contributed by atoms with Gasteiger partial charge in [-0.3, -0.25) is 0 Å². The van der Waals surface area contributed by atoms with Crippen molar-refractivity contribution >= 4 is 45.1 Å². The number of nitrogens with zero attached hydrogens (tertiary/aromatic N) is 1. The number of amides is 3. The van der Waals surface area contributed by atoms with Crippen LogP contribution in [0.4, 0.5) is 16.2 Å². The van der Waals surface area contributed by atoms with Gasteiger partial charge in [-0.2, -0.15) is 0 Å². The standard InChI is InChI=1S/C12H10N3O3Se.Au/c13-12(18)14-7-2-1-3-8(4-7)15-5-10(16)9(6-19)11(15)17;/h1-4,6H,5H2,(H3,13,14,18);/b9-6-;. The monoisotopic (exact) mass is 521 g/mol. The summed E-state index contributed by atoms with van der Waals surface area (Å²) in [7, 11) is 0. The Bertz CT molecular complexity index is 603. The summed E-state index contributed by atoms with van der Waals surface area (Å²) < 4.78 is 0. The fourth-order valence-corrected chi connectivity index (χ4v) is 2.27. The van der Waals surface area contributed by atoms with E-state index in [1.807, 2.05) is 0 Å². The van der Waals surface area contributed by atoms with E-state index in [0.29, 0.717) is 11.4 Å². The first-order valence-electron chi connectivity index (χ1n) is 5.36. The number of anilines is 2. The van der Waals surface area contributed by atoms with Crippen LogP contribution in [0.5, 0.6) is 0 Å². The molecule has 2 rings (SSSR count). The number of rotatable bonds is 2. The number of primary amides is 1. The number of ketones is 1. The van der Waals surface area contributed by atoms with Gasteiger partial charge in [-0.15, -0.1) is 0 Å². The predicted molar refractivity (Wildman–Crippen MR) is 70.8 cm³/mol. The molecule has 1 aromatic carbocycles. The van der Waals surface area contributed by atoms with Crippen molar-refractivity contribution in [1.29, 1.82) is 0 Å². The van der Waals surface area contributed by atoms with Crippen molar-refractivity contribution in [2.75, 3.05) is 16.8 Å². The van der Waals surface area contributed by atoms with Gasteiger partial charge in [0.05, 0.1) is 0 Å². The molecule has 6 nitrogen and oxygen atoms in total. The topological polar surface area (TPSA) is 92.5 Å². The minimum Gasteiger partial charge on any atom is 0 e. The molecule has 0 aliphatic carbocycles. The molecule has 20 heavy (non-hydrogen) atoms. The molecule has 3 N–H and O–H groups in total.